The van der Waals surface area contributed by atoms with Gasteiger partial charge in [-0.2, -0.15) is 13.2 Å². The minimum absolute atomic E-state index is 0.00473. The van der Waals surface area contributed by atoms with Crippen LogP contribution in [0.2, 0.25) is 0 Å². The molecule has 38 heavy (non-hydrogen) atoms. The first-order valence-corrected chi connectivity index (χ1v) is 12.0. The number of carbonyl (C=O) groups is 2. The highest BCUT2D eigenvalue weighted by Gasteiger charge is 2.38. The minimum Gasteiger partial charge on any atom is -0.475 e. The van der Waals surface area contributed by atoms with Gasteiger partial charge in [0, 0.05) is 55.7 Å². The van der Waals surface area contributed by atoms with Crippen molar-refractivity contribution in [2.75, 3.05) is 32.8 Å². The van der Waals surface area contributed by atoms with Crippen LogP contribution in [0.5, 0.6) is 0 Å². The van der Waals surface area contributed by atoms with Gasteiger partial charge in [-0.15, -0.1) is 0 Å². The Morgan fingerprint density at radius 3 is 2.61 bits per heavy atom. The van der Waals surface area contributed by atoms with E-state index in [1.54, 1.807) is 0 Å². The SMILES string of the molecule is O=C(O)C(F)(F)F.O=C1NCCc2[nH]c(-c3ccnc(/C=C/c4cccc(CN5CCOCC5)c4)c3)cc21. The molecule has 0 radical (unpaired) electrons. The number of aromatic nitrogens is 2. The predicted octanol–water partition coefficient (Wildman–Crippen LogP) is 4.00. The highest BCUT2D eigenvalue weighted by molar-refractivity contribution is 5.97. The third-order valence-corrected chi connectivity index (χ3v) is 6.05. The molecule has 3 N–H and O–H groups in total. The summed E-state index contributed by atoms with van der Waals surface area (Å²) >= 11 is 0. The van der Waals surface area contributed by atoms with Gasteiger partial charge in [0.05, 0.1) is 24.5 Å². The number of hydrogen-bond donors (Lipinski definition) is 3. The Kier molecular flexibility index (Phi) is 8.59. The number of carboxylic acids is 1. The van der Waals surface area contributed by atoms with Crippen molar-refractivity contribution in [3.8, 4) is 11.3 Å². The predicted molar refractivity (Wildman–Crippen MR) is 135 cm³/mol. The molecule has 1 saturated heterocycles. The third kappa shape index (κ3) is 7.30. The van der Waals surface area contributed by atoms with E-state index in [1.807, 2.05) is 30.5 Å². The molecule has 8 nitrogen and oxygen atoms in total. The van der Waals surface area contributed by atoms with E-state index in [2.05, 4.69) is 50.5 Å². The summed E-state index contributed by atoms with van der Waals surface area (Å²) in [6, 6.07) is 14.6. The summed E-state index contributed by atoms with van der Waals surface area (Å²) in [7, 11) is 0. The highest BCUT2D eigenvalue weighted by Crippen LogP contribution is 2.24. The number of fused-ring (bicyclic) bond motifs is 1. The average molecular weight is 529 g/mol. The number of carboxylic acid groups (broad SMARTS) is 1. The Balaban J connectivity index is 0.000000426. The number of amides is 1. The van der Waals surface area contributed by atoms with Crippen molar-refractivity contribution in [2.45, 2.75) is 19.1 Å². The molecule has 0 saturated carbocycles. The zero-order valence-electron chi connectivity index (χ0n) is 20.4. The fraction of sp³-hybridized carbons (Fsp3) is 0.296. The van der Waals surface area contributed by atoms with Gasteiger partial charge >= 0.3 is 12.1 Å². The first kappa shape index (κ1) is 27.1. The smallest absolute Gasteiger partial charge is 0.475 e. The summed E-state index contributed by atoms with van der Waals surface area (Å²) in [5.41, 5.74) is 7.07. The van der Waals surface area contributed by atoms with Crippen molar-refractivity contribution in [1.82, 2.24) is 20.2 Å². The lowest BCUT2D eigenvalue weighted by atomic mass is 10.1. The second-order valence-corrected chi connectivity index (χ2v) is 8.82. The van der Waals surface area contributed by atoms with Crippen molar-refractivity contribution < 1.29 is 32.6 Å². The third-order valence-electron chi connectivity index (χ3n) is 6.05. The van der Waals surface area contributed by atoms with E-state index in [1.165, 1.54) is 5.56 Å². The standard InChI is InChI=1S/C25H26N4O2.C2HF3O2/c30-25-22-16-24(28-23(22)7-9-27-25)20-6-8-26-21(15-20)5-4-18-2-1-3-19(14-18)17-29-10-12-31-13-11-29;3-2(4,5)1(6)7/h1-6,8,14-16,28H,7,9-13,17H2,(H,27,30);(H,6,7)/b5-4+;. The fourth-order valence-electron chi connectivity index (χ4n) is 4.15. The molecule has 2 aliphatic heterocycles. The normalized spacial score (nSPS) is 15.9. The van der Waals surface area contributed by atoms with Crippen LogP contribution in [-0.2, 0) is 22.5 Å². The van der Waals surface area contributed by atoms with E-state index in [-0.39, 0.29) is 5.91 Å². The van der Waals surface area contributed by atoms with Crippen molar-refractivity contribution in [3.05, 3.63) is 76.7 Å². The number of ether oxygens (including phenoxy) is 1. The number of morpholine rings is 1. The van der Waals surface area contributed by atoms with Gasteiger partial charge in [-0.05, 0) is 35.4 Å². The largest absolute Gasteiger partial charge is 0.490 e. The number of halogens is 3. The lowest BCUT2D eigenvalue weighted by Crippen LogP contribution is -2.35. The number of hydrogen-bond acceptors (Lipinski definition) is 5. The first-order valence-electron chi connectivity index (χ1n) is 12.0. The Morgan fingerprint density at radius 2 is 1.89 bits per heavy atom. The second kappa shape index (κ2) is 12.1. The second-order valence-electron chi connectivity index (χ2n) is 8.82. The number of nitrogens with one attached hydrogen (secondary N) is 2. The number of carbonyl (C=O) groups excluding carboxylic acids is 1. The van der Waals surface area contributed by atoms with Crippen LogP contribution in [-0.4, -0.2) is 70.9 Å². The van der Waals surface area contributed by atoms with E-state index >= 15 is 0 Å². The van der Waals surface area contributed by atoms with E-state index in [0.717, 1.165) is 73.0 Å². The van der Waals surface area contributed by atoms with Gasteiger partial charge in [0.1, 0.15) is 0 Å². The summed E-state index contributed by atoms with van der Waals surface area (Å²) < 4.78 is 37.2. The van der Waals surface area contributed by atoms with Gasteiger partial charge in [0.2, 0.25) is 0 Å². The number of aromatic amines is 1. The van der Waals surface area contributed by atoms with Crippen LogP contribution < -0.4 is 5.32 Å². The Labute approximate surface area is 217 Å². The zero-order valence-corrected chi connectivity index (χ0v) is 20.4. The monoisotopic (exact) mass is 528 g/mol. The Bertz CT molecular complexity index is 1310. The quantitative estimate of drug-likeness (QED) is 0.462. The lowest BCUT2D eigenvalue weighted by molar-refractivity contribution is -0.192. The van der Waals surface area contributed by atoms with Crippen molar-refractivity contribution in [2.24, 2.45) is 0 Å². The molecule has 0 atom stereocenters. The Hall–Kier alpha value is -3.96. The van der Waals surface area contributed by atoms with Crippen LogP contribution in [0.25, 0.3) is 23.4 Å². The van der Waals surface area contributed by atoms with E-state index in [9.17, 15) is 18.0 Å². The van der Waals surface area contributed by atoms with Crippen LogP contribution in [0.3, 0.4) is 0 Å². The molecule has 1 amide bonds. The lowest BCUT2D eigenvalue weighted by Gasteiger charge is -2.26. The molecule has 0 spiro atoms. The molecule has 0 bridgehead atoms. The summed E-state index contributed by atoms with van der Waals surface area (Å²) in [5.74, 6) is -2.76. The zero-order chi connectivity index (χ0) is 27.1. The van der Waals surface area contributed by atoms with E-state index in [4.69, 9.17) is 14.6 Å². The average Bonchev–Trinajstić information content (AvgIpc) is 3.34. The van der Waals surface area contributed by atoms with Crippen molar-refractivity contribution in [3.63, 3.8) is 0 Å². The number of alkyl halides is 3. The van der Waals surface area contributed by atoms with Crippen LogP contribution in [0.1, 0.15) is 32.9 Å². The molecule has 5 rings (SSSR count). The Morgan fingerprint density at radius 1 is 1.13 bits per heavy atom. The van der Waals surface area contributed by atoms with Crippen LogP contribution in [0.15, 0.2) is 48.7 Å². The number of benzene rings is 1. The van der Waals surface area contributed by atoms with Crippen molar-refractivity contribution in [1.29, 1.82) is 0 Å². The molecule has 4 heterocycles. The topological polar surface area (TPSA) is 108 Å². The molecular formula is C27H27F3N4O4. The van der Waals surface area contributed by atoms with Gasteiger partial charge in [-0.1, -0.05) is 30.3 Å². The summed E-state index contributed by atoms with van der Waals surface area (Å²) in [6.45, 7) is 5.23. The summed E-state index contributed by atoms with van der Waals surface area (Å²) in [5, 5.41) is 10.0. The highest BCUT2D eigenvalue weighted by atomic mass is 19.4. The number of H-pyrrole nitrogens is 1. The maximum atomic E-state index is 12.0. The number of nitrogens with zero attached hydrogens (tertiary/aromatic N) is 2. The molecule has 200 valence electrons. The molecule has 1 aromatic carbocycles. The van der Waals surface area contributed by atoms with E-state index < -0.39 is 12.1 Å². The minimum atomic E-state index is -5.08. The van der Waals surface area contributed by atoms with E-state index in [0.29, 0.717) is 6.54 Å². The van der Waals surface area contributed by atoms with Gasteiger partial charge < -0.3 is 20.1 Å². The van der Waals surface area contributed by atoms with Gasteiger partial charge in [0.15, 0.2) is 0 Å². The summed E-state index contributed by atoms with van der Waals surface area (Å²) in [6.07, 6.45) is 1.69. The molecule has 3 aromatic rings. The maximum absolute atomic E-state index is 12.0. The van der Waals surface area contributed by atoms with Gasteiger partial charge in [-0.3, -0.25) is 14.7 Å². The molecular weight excluding hydrogens is 501 g/mol. The molecule has 11 heteroatoms. The van der Waals surface area contributed by atoms with Gasteiger partial charge in [-0.25, -0.2) is 4.79 Å². The number of pyridine rings is 1. The number of aliphatic carboxylic acids is 1. The number of rotatable bonds is 5. The molecule has 1 fully saturated rings. The van der Waals surface area contributed by atoms with Crippen LogP contribution in [0.4, 0.5) is 13.2 Å². The van der Waals surface area contributed by atoms with Crippen LogP contribution in [0, 0.1) is 0 Å². The molecule has 0 unspecified atom stereocenters. The maximum Gasteiger partial charge on any atom is 0.490 e. The van der Waals surface area contributed by atoms with Crippen molar-refractivity contribution >= 4 is 24.0 Å². The fourth-order valence-corrected chi connectivity index (χ4v) is 4.15. The first-order chi connectivity index (χ1) is 18.2. The van der Waals surface area contributed by atoms with Gasteiger partial charge in [0.25, 0.3) is 5.91 Å². The molecule has 0 aliphatic carbocycles. The summed E-state index contributed by atoms with van der Waals surface area (Å²) in [4.78, 5) is 31.3. The van der Waals surface area contributed by atoms with Crippen LogP contribution >= 0.6 is 0 Å². The molecule has 2 aliphatic rings. The molecule has 2 aromatic heterocycles.